The summed E-state index contributed by atoms with van der Waals surface area (Å²) in [5, 5.41) is 0. The minimum Gasteiger partial charge on any atom is -0.207 e. The molecule has 0 saturated carbocycles. The highest BCUT2D eigenvalue weighted by Gasteiger charge is 2.50. The Bertz CT molecular complexity index is 1660. The Morgan fingerprint density at radius 1 is 0.250 bits per heavy atom. The lowest BCUT2D eigenvalue weighted by Gasteiger charge is -2.44. The van der Waals surface area contributed by atoms with Crippen LogP contribution in [0.15, 0.2) is 6.07 Å². The maximum Gasteiger partial charge on any atom is 0.200 e. The first kappa shape index (κ1) is 32.5. The van der Waals surface area contributed by atoms with E-state index in [4.69, 9.17) is 0 Å². The van der Waals surface area contributed by atoms with Gasteiger partial charge in [0.05, 0.1) is 0 Å². The molecule has 44 heavy (non-hydrogen) atoms. The Morgan fingerprint density at radius 2 is 0.455 bits per heavy atom. The van der Waals surface area contributed by atoms with Crippen molar-refractivity contribution in [2.45, 2.75) is 0 Å². The van der Waals surface area contributed by atoms with Gasteiger partial charge in [-0.3, -0.25) is 0 Å². The van der Waals surface area contributed by atoms with Crippen LogP contribution >= 0.6 is 0 Å². The van der Waals surface area contributed by atoms with Gasteiger partial charge in [0.15, 0.2) is 69.8 Å². The Hall–Kier alpha value is -4.39. The van der Waals surface area contributed by atoms with Gasteiger partial charge < -0.3 is 0 Å². The number of rotatable bonds is 4. The van der Waals surface area contributed by atoms with Gasteiger partial charge in [-0.2, -0.15) is 5.46 Å². The summed E-state index contributed by atoms with van der Waals surface area (Å²) in [5.41, 5.74) is -13.0. The zero-order chi connectivity index (χ0) is 33.5. The molecule has 20 heteroatoms. The highest BCUT2D eigenvalue weighted by atomic mass is 19.2. The van der Waals surface area contributed by atoms with Crippen molar-refractivity contribution in [2.24, 2.45) is 0 Å². The van der Waals surface area contributed by atoms with Crippen molar-refractivity contribution in [3.63, 3.8) is 0 Å². The second-order valence-electron chi connectivity index (χ2n) is 8.71. The molecule has 4 aromatic carbocycles. The van der Waals surface area contributed by atoms with Crippen LogP contribution < -0.4 is 21.9 Å². The van der Waals surface area contributed by atoms with Crippen molar-refractivity contribution in [1.29, 1.82) is 0 Å². The highest BCUT2D eigenvalue weighted by molar-refractivity contribution is 7.20. The lowest BCUT2D eigenvalue weighted by molar-refractivity contribution is 0.379. The average molecular weight is 661 g/mol. The van der Waals surface area contributed by atoms with Crippen LogP contribution in [0.5, 0.6) is 0 Å². The van der Waals surface area contributed by atoms with Crippen LogP contribution in [0.25, 0.3) is 0 Å². The van der Waals surface area contributed by atoms with Gasteiger partial charge in [-0.25, -0.2) is 83.4 Å². The van der Waals surface area contributed by atoms with Gasteiger partial charge in [-0.05, 0) is 0 Å². The fourth-order valence-corrected chi connectivity index (χ4v) is 4.81. The molecule has 4 aromatic rings. The topological polar surface area (TPSA) is 0 Å². The second kappa shape index (κ2) is 10.7. The lowest BCUT2D eigenvalue weighted by Crippen LogP contribution is -2.80. The Morgan fingerprint density at radius 3 is 0.705 bits per heavy atom. The number of hydrogen-bond acceptors (Lipinski definition) is 0. The lowest BCUT2D eigenvalue weighted by atomic mass is 9.12. The Kier molecular flexibility index (Phi) is 7.88. The minimum atomic E-state index is -6.82. The molecule has 0 amide bonds. The molecule has 0 radical (unpaired) electrons. The number of benzene rings is 4. The van der Waals surface area contributed by atoms with Gasteiger partial charge in [0.25, 0.3) is 0 Å². The third-order valence-corrected chi connectivity index (χ3v) is 6.63. The van der Waals surface area contributed by atoms with Crippen LogP contribution in [-0.4, -0.2) is 6.15 Å². The van der Waals surface area contributed by atoms with Gasteiger partial charge in [-0.1, -0.05) is 6.07 Å². The smallest absolute Gasteiger partial charge is 0.200 e. The predicted octanol–water partition coefficient (Wildman–Crippen LogP) is 5.71. The summed E-state index contributed by atoms with van der Waals surface area (Å²) in [6.45, 7) is 0. The van der Waals surface area contributed by atoms with Crippen LogP contribution in [0.4, 0.5) is 83.4 Å². The van der Waals surface area contributed by atoms with E-state index in [2.05, 4.69) is 0 Å². The first-order chi connectivity index (χ1) is 20.3. The van der Waals surface area contributed by atoms with Crippen molar-refractivity contribution in [1.82, 2.24) is 0 Å². The van der Waals surface area contributed by atoms with Crippen molar-refractivity contribution >= 4 is 28.0 Å². The quantitative estimate of drug-likeness (QED) is 0.114. The van der Waals surface area contributed by atoms with Crippen molar-refractivity contribution in [3.05, 3.63) is 117 Å². The van der Waals surface area contributed by atoms with E-state index in [9.17, 15) is 52.7 Å². The number of halogens is 19. The molecule has 0 spiro atoms. The summed E-state index contributed by atoms with van der Waals surface area (Å²) in [4.78, 5) is 0. The fourth-order valence-electron chi connectivity index (χ4n) is 4.81. The maximum atomic E-state index is 15.4. The maximum absolute atomic E-state index is 15.4. The van der Waals surface area contributed by atoms with E-state index < -0.39 is 145 Å². The summed E-state index contributed by atoms with van der Waals surface area (Å²) >= 11 is 0. The minimum absolute atomic E-state index is 1.08. The molecule has 0 saturated heterocycles. The van der Waals surface area contributed by atoms with Crippen molar-refractivity contribution < 1.29 is 83.4 Å². The zero-order valence-electron chi connectivity index (χ0n) is 19.8. The molecule has 0 unspecified atom stereocenters. The van der Waals surface area contributed by atoms with Gasteiger partial charge in [0, 0.05) is 0 Å². The van der Waals surface area contributed by atoms with E-state index in [-0.39, 0.29) is 0 Å². The summed E-state index contributed by atoms with van der Waals surface area (Å²) in [5.74, 6) is -64.1. The first-order valence-corrected chi connectivity index (χ1v) is 10.8. The summed E-state index contributed by atoms with van der Waals surface area (Å²) in [7, 11) is 0. The summed E-state index contributed by atoms with van der Waals surface area (Å²) in [6.07, 6.45) is -6.82. The molecule has 0 nitrogen and oxygen atoms in total. The standard InChI is InChI=1S/C24HBF19/c26-3-1-2(7(27)15(35)8(3)28)25(4-9(29)16(36)22(42)17(37)10(4)30,5-11(31)18(38)23(43)19(39)12(5)32)6-13(33)20(40)24(44)21(41)14(6)34/h1H/q-1. The van der Waals surface area contributed by atoms with E-state index in [1.165, 1.54) is 0 Å². The van der Waals surface area contributed by atoms with Crippen LogP contribution in [0.2, 0.25) is 0 Å². The van der Waals surface area contributed by atoms with Crippen molar-refractivity contribution in [2.75, 3.05) is 0 Å². The summed E-state index contributed by atoms with van der Waals surface area (Å²) < 4.78 is 278. The van der Waals surface area contributed by atoms with E-state index >= 15 is 30.7 Å². The SMILES string of the molecule is Fc1cc([B-](c2c(F)c(F)c(F)c(F)c2F)(c2c(F)c(F)c(F)c(F)c2F)c2c(F)c(F)c(F)c(F)c2F)c(F)c(F)c1F. The van der Waals surface area contributed by atoms with Crippen molar-refractivity contribution in [3.8, 4) is 0 Å². The molecule has 234 valence electrons. The summed E-state index contributed by atoms with van der Waals surface area (Å²) in [6, 6.07) is -1.08. The molecule has 0 N–H and O–H groups in total. The van der Waals surface area contributed by atoms with Gasteiger partial charge in [0.1, 0.15) is 46.9 Å². The Labute approximate surface area is 228 Å². The molecule has 0 aromatic heterocycles. The molecule has 4 rings (SSSR count). The van der Waals surface area contributed by atoms with E-state index in [1.54, 1.807) is 0 Å². The van der Waals surface area contributed by atoms with Gasteiger partial charge in [0.2, 0.25) is 0 Å². The van der Waals surface area contributed by atoms with E-state index in [1.807, 2.05) is 0 Å². The predicted molar refractivity (Wildman–Crippen MR) is 109 cm³/mol. The largest absolute Gasteiger partial charge is 0.207 e. The van der Waals surface area contributed by atoms with Gasteiger partial charge in [-0.15, -0.1) is 16.4 Å². The second-order valence-corrected chi connectivity index (χ2v) is 8.71. The first-order valence-electron chi connectivity index (χ1n) is 10.8. The fraction of sp³-hybridized carbons (Fsp3) is 0. The third-order valence-electron chi connectivity index (χ3n) is 6.63. The molecule has 0 bridgehead atoms. The van der Waals surface area contributed by atoms with Gasteiger partial charge >= 0.3 is 0 Å². The van der Waals surface area contributed by atoms with E-state index in [0.29, 0.717) is 0 Å². The number of hydrogen-bond donors (Lipinski definition) is 0. The van der Waals surface area contributed by atoms with Crippen LogP contribution in [-0.2, 0) is 0 Å². The molecule has 0 atom stereocenters. The van der Waals surface area contributed by atoms with Crippen LogP contribution in [0, 0.1) is 111 Å². The van der Waals surface area contributed by atoms with Crippen LogP contribution in [0.1, 0.15) is 0 Å². The highest BCUT2D eigenvalue weighted by Crippen LogP contribution is 2.29. The third kappa shape index (κ3) is 4.05. The zero-order valence-corrected chi connectivity index (χ0v) is 19.8. The van der Waals surface area contributed by atoms with E-state index in [0.717, 1.165) is 0 Å². The molecular weight excluding hydrogens is 660 g/mol. The molecule has 0 fully saturated rings. The normalized spacial score (nSPS) is 12.0. The monoisotopic (exact) mass is 661 g/mol. The molecule has 0 heterocycles. The van der Waals surface area contributed by atoms with Crippen LogP contribution in [0.3, 0.4) is 0 Å². The molecule has 0 aliphatic carbocycles. The molecular formula is C24HBF19-. The molecule has 0 aliphatic rings. The average Bonchev–Trinajstić information content (AvgIpc) is 2.99. The molecule has 0 aliphatic heterocycles. The Balaban J connectivity index is 2.65.